The molecule has 0 bridgehead atoms. The van der Waals surface area contributed by atoms with Crippen LogP contribution >= 0.6 is 23.5 Å². The van der Waals surface area contributed by atoms with Crippen LogP contribution in [-0.2, 0) is 12.8 Å². The fourth-order valence-corrected chi connectivity index (χ4v) is 7.82. The maximum absolute atomic E-state index is 10.1. The maximum Gasteiger partial charge on any atom is 0.0747 e. The highest BCUT2D eigenvalue weighted by Gasteiger charge is 2.39. The lowest BCUT2D eigenvalue weighted by molar-refractivity contribution is 0.292. The summed E-state index contributed by atoms with van der Waals surface area (Å²) >= 11 is 4.26. The van der Waals surface area contributed by atoms with Gasteiger partial charge in [-0.25, -0.2) is 0 Å². The molecular weight excluding hydrogens is 354 g/mol. The summed E-state index contributed by atoms with van der Waals surface area (Å²) in [5, 5.41) is 10.1. The van der Waals surface area contributed by atoms with Gasteiger partial charge < -0.3 is 0 Å². The summed E-state index contributed by atoms with van der Waals surface area (Å²) in [6, 6.07) is 22.2. The average molecular weight is 380 g/mol. The van der Waals surface area contributed by atoms with E-state index < -0.39 is 0 Å². The fourth-order valence-electron chi connectivity index (χ4n) is 4.50. The predicted molar refractivity (Wildman–Crippen MR) is 114 cm³/mol. The summed E-state index contributed by atoms with van der Waals surface area (Å²) < 4.78 is 0.620. The average Bonchev–Trinajstić information content (AvgIpc) is 2.72. The molecule has 1 heterocycles. The smallest absolute Gasteiger partial charge is 0.0747 e. The third-order valence-corrected chi connectivity index (χ3v) is 8.99. The van der Waals surface area contributed by atoms with Gasteiger partial charge in [-0.1, -0.05) is 54.6 Å². The fraction of sp³-hybridized carbons (Fsp3) is 0.435. The molecule has 3 atom stereocenters. The summed E-state index contributed by atoms with van der Waals surface area (Å²) in [6.07, 6.45) is 4.67. The van der Waals surface area contributed by atoms with E-state index in [9.17, 15) is 5.26 Å². The number of nitriles is 1. The lowest BCUT2D eigenvalue weighted by atomic mass is 9.69. The molecule has 3 unspecified atom stereocenters. The van der Waals surface area contributed by atoms with Gasteiger partial charge in [0.2, 0.25) is 0 Å². The van der Waals surface area contributed by atoms with Crippen molar-refractivity contribution in [1.82, 2.24) is 0 Å². The van der Waals surface area contributed by atoms with Crippen LogP contribution < -0.4 is 0 Å². The van der Waals surface area contributed by atoms with E-state index in [0.717, 1.165) is 19.3 Å². The Hall–Kier alpha value is -1.37. The minimum Gasteiger partial charge on any atom is -0.198 e. The van der Waals surface area contributed by atoms with Crippen LogP contribution in [0.15, 0.2) is 54.6 Å². The first-order chi connectivity index (χ1) is 12.9. The number of rotatable bonds is 4. The van der Waals surface area contributed by atoms with E-state index in [2.05, 4.69) is 84.2 Å². The Labute approximate surface area is 165 Å². The monoisotopic (exact) mass is 379 g/mol. The van der Waals surface area contributed by atoms with Crippen molar-refractivity contribution in [2.24, 2.45) is 11.8 Å². The normalized spacial score (nSPS) is 24.4. The molecule has 0 aromatic heterocycles. The molecule has 0 N–H and O–H groups in total. The van der Waals surface area contributed by atoms with Crippen LogP contribution in [0.5, 0.6) is 0 Å². The van der Waals surface area contributed by atoms with Crippen LogP contribution in [0.2, 0.25) is 0 Å². The summed E-state index contributed by atoms with van der Waals surface area (Å²) in [4.78, 5) is 0. The van der Waals surface area contributed by atoms with E-state index in [4.69, 9.17) is 0 Å². The van der Waals surface area contributed by atoms with Crippen molar-refractivity contribution in [1.29, 1.82) is 5.26 Å². The Morgan fingerprint density at radius 3 is 2.50 bits per heavy atom. The second kappa shape index (κ2) is 8.55. The molecule has 1 saturated heterocycles. The predicted octanol–water partition coefficient (Wildman–Crippen LogP) is 5.91. The Morgan fingerprint density at radius 2 is 1.73 bits per heavy atom. The number of thioether (sulfide) groups is 2. The zero-order valence-corrected chi connectivity index (χ0v) is 16.6. The van der Waals surface area contributed by atoms with E-state index in [1.54, 1.807) is 0 Å². The molecule has 2 aromatic rings. The van der Waals surface area contributed by atoms with E-state index in [0.29, 0.717) is 16.4 Å². The number of aryl methyl sites for hydroxylation is 1. The number of nitrogens with zero attached hydrogens (tertiary/aromatic N) is 1. The Balaban J connectivity index is 1.65. The lowest BCUT2D eigenvalue weighted by Crippen LogP contribution is -2.34. The number of hydrogen-bond acceptors (Lipinski definition) is 3. The largest absolute Gasteiger partial charge is 0.198 e. The molecule has 0 saturated carbocycles. The molecular formula is C23H25NS2. The molecule has 1 fully saturated rings. The van der Waals surface area contributed by atoms with Gasteiger partial charge >= 0.3 is 0 Å². The number of benzene rings is 2. The highest BCUT2D eigenvalue weighted by Crippen LogP contribution is 2.48. The summed E-state index contributed by atoms with van der Waals surface area (Å²) in [6.45, 7) is 0. The van der Waals surface area contributed by atoms with Crippen LogP contribution in [-0.4, -0.2) is 16.1 Å². The van der Waals surface area contributed by atoms with Gasteiger partial charge in [0.15, 0.2) is 0 Å². The quantitative estimate of drug-likeness (QED) is 0.660. The second-order valence-corrected chi connectivity index (χ2v) is 10.1. The second-order valence-electron chi connectivity index (χ2n) is 7.33. The van der Waals surface area contributed by atoms with Crippen molar-refractivity contribution in [2.75, 3.05) is 11.5 Å². The van der Waals surface area contributed by atoms with E-state index in [1.165, 1.54) is 34.6 Å². The van der Waals surface area contributed by atoms with Crippen molar-refractivity contribution >= 4 is 23.5 Å². The van der Waals surface area contributed by atoms with Crippen LogP contribution in [0.3, 0.4) is 0 Å². The standard InChI is InChI=1S/C23H25NS2/c24-16-22-19-10-5-4-9-18(19)11-12-20(22)21(23-25-13-6-14-26-23)15-17-7-2-1-3-8-17/h1-5,7-10,20-23H,6,11-15H2. The van der Waals surface area contributed by atoms with Crippen molar-refractivity contribution < 1.29 is 0 Å². The highest BCUT2D eigenvalue weighted by molar-refractivity contribution is 8.17. The molecule has 134 valence electrons. The summed E-state index contributed by atoms with van der Waals surface area (Å²) in [5.74, 6) is 3.59. The molecule has 26 heavy (non-hydrogen) atoms. The van der Waals surface area contributed by atoms with Crippen molar-refractivity contribution in [2.45, 2.75) is 36.2 Å². The Kier molecular flexibility index (Phi) is 5.92. The van der Waals surface area contributed by atoms with Gasteiger partial charge in [0, 0.05) is 0 Å². The molecule has 0 amide bonds. The molecule has 0 spiro atoms. The van der Waals surface area contributed by atoms with Crippen LogP contribution in [0.1, 0.15) is 35.4 Å². The van der Waals surface area contributed by atoms with Gasteiger partial charge in [-0.05, 0) is 65.7 Å². The minimum absolute atomic E-state index is 0.0387. The minimum atomic E-state index is 0.0387. The van der Waals surface area contributed by atoms with Gasteiger partial charge in [-0.3, -0.25) is 0 Å². The maximum atomic E-state index is 10.1. The SMILES string of the molecule is N#CC1c2ccccc2CCC1C(Cc1ccccc1)C1SCCCS1. The first-order valence-electron chi connectivity index (χ1n) is 9.61. The zero-order valence-electron chi connectivity index (χ0n) is 15.0. The van der Waals surface area contributed by atoms with Crippen molar-refractivity contribution in [3.8, 4) is 6.07 Å². The van der Waals surface area contributed by atoms with Gasteiger partial charge in [0.25, 0.3) is 0 Å². The van der Waals surface area contributed by atoms with Crippen LogP contribution in [0, 0.1) is 23.2 Å². The van der Waals surface area contributed by atoms with Crippen LogP contribution in [0.25, 0.3) is 0 Å². The molecule has 1 aliphatic carbocycles. The third-order valence-electron chi connectivity index (χ3n) is 5.77. The van der Waals surface area contributed by atoms with Crippen molar-refractivity contribution in [3.05, 3.63) is 71.3 Å². The molecule has 3 heteroatoms. The third kappa shape index (κ3) is 3.82. The highest BCUT2D eigenvalue weighted by atomic mass is 32.2. The summed E-state index contributed by atoms with van der Waals surface area (Å²) in [7, 11) is 0. The Morgan fingerprint density at radius 1 is 1.00 bits per heavy atom. The van der Waals surface area contributed by atoms with Gasteiger partial charge in [-0.2, -0.15) is 5.26 Å². The molecule has 2 aromatic carbocycles. The van der Waals surface area contributed by atoms with E-state index in [1.807, 2.05) is 0 Å². The van der Waals surface area contributed by atoms with Crippen LogP contribution in [0.4, 0.5) is 0 Å². The van der Waals surface area contributed by atoms with Gasteiger partial charge in [-0.15, -0.1) is 23.5 Å². The number of hydrogen-bond donors (Lipinski definition) is 0. The molecule has 0 radical (unpaired) electrons. The topological polar surface area (TPSA) is 23.8 Å². The van der Waals surface area contributed by atoms with E-state index >= 15 is 0 Å². The first-order valence-corrected chi connectivity index (χ1v) is 11.7. The van der Waals surface area contributed by atoms with Crippen molar-refractivity contribution in [3.63, 3.8) is 0 Å². The summed E-state index contributed by atoms with van der Waals surface area (Å²) in [5.41, 5.74) is 4.09. The zero-order chi connectivity index (χ0) is 17.8. The lowest BCUT2D eigenvalue weighted by Gasteiger charge is -2.40. The molecule has 1 nitrogen and oxygen atoms in total. The van der Waals surface area contributed by atoms with Gasteiger partial charge in [0.05, 0.1) is 16.6 Å². The first kappa shape index (κ1) is 18.0. The Bertz CT molecular complexity index is 761. The molecule has 4 rings (SSSR count). The molecule has 1 aliphatic heterocycles. The molecule has 2 aliphatic rings. The van der Waals surface area contributed by atoms with E-state index in [-0.39, 0.29) is 5.92 Å². The van der Waals surface area contributed by atoms with Gasteiger partial charge in [0.1, 0.15) is 0 Å². The number of fused-ring (bicyclic) bond motifs is 1.